The van der Waals surface area contributed by atoms with Gasteiger partial charge in [0.1, 0.15) is 11.5 Å². The highest BCUT2D eigenvalue weighted by molar-refractivity contribution is 7.91. The van der Waals surface area contributed by atoms with Crippen LogP contribution < -0.4 is 5.32 Å². The molecule has 1 atom stereocenters. The Bertz CT molecular complexity index is 545. The lowest BCUT2D eigenvalue weighted by molar-refractivity contribution is -0.122. The Labute approximate surface area is 114 Å². The van der Waals surface area contributed by atoms with E-state index in [4.69, 9.17) is 4.42 Å². The number of hydrogen-bond donors (Lipinski definition) is 1. The highest BCUT2D eigenvalue weighted by Gasteiger charge is 2.20. The summed E-state index contributed by atoms with van der Waals surface area (Å²) in [6, 6.07) is 1.84. The van der Waals surface area contributed by atoms with Gasteiger partial charge >= 0.3 is 0 Å². The first-order valence-corrected chi connectivity index (χ1v) is 8.14. The Morgan fingerprint density at radius 2 is 2.05 bits per heavy atom. The molecule has 1 heterocycles. The van der Waals surface area contributed by atoms with Gasteiger partial charge in [0, 0.05) is 17.9 Å². The van der Waals surface area contributed by atoms with Crippen LogP contribution in [-0.2, 0) is 14.6 Å². The fourth-order valence-corrected chi connectivity index (χ4v) is 2.55. The van der Waals surface area contributed by atoms with Crippen LogP contribution in [0.3, 0.4) is 0 Å². The summed E-state index contributed by atoms with van der Waals surface area (Å²) in [6.07, 6.45) is 0. The summed E-state index contributed by atoms with van der Waals surface area (Å²) in [7, 11) is -3.04. The molecule has 1 unspecified atom stereocenters. The normalized spacial score (nSPS) is 13.3. The van der Waals surface area contributed by atoms with E-state index >= 15 is 0 Å². The maximum absolute atomic E-state index is 11.9. The predicted octanol–water partition coefficient (Wildman–Crippen LogP) is 1.55. The van der Waals surface area contributed by atoms with Crippen molar-refractivity contribution in [2.75, 3.05) is 18.1 Å². The molecule has 0 aliphatic rings. The van der Waals surface area contributed by atoms with E-state index in [2.05, 4.69) is 5.32 Å². The number of sulfone groups is 1. The van der Waals surface area contributed by atoms with Crippen LogP contribution in [0.25, 0.3) is 0 Å². The Hall–Kier alpha value is -1.30. The number of amides is 1. The van der Waals surface area contributed by atoms with Crippen molar-refractivity contribution in [3.63, 3.8) is 0 Å². The fraction of sp³-hybridized carbons (Fsp3) is 0.615. The van der Waals surface area contributed by atoms with Crippen molar-refractivity contribution in [1.82, 2.24) is 5.32 Å². The molecule has 0 aliphatic carbocycles. The molecule has 1 rings (SSSR count). The van der Waals surface area contributed by atoms with E-state index in [-0.39, 0.29) is 29.9 Å². The quantitative estimate of drug-likeness (QED) is 0.861. The minimum atomic E-state index is -3.04. The fourth-order valence-electron chi connectivity index (χ4n) is 1.85. The molecule has 0 aromatic carbocycles. The van der Waals surface area contributed by atoms with E-state index in [1.165, 1.54) is 0 Å². The monoisotopic (exact) mass is 287 g/mol. The molecule has 0 saturated heterocycles. The van der Waals surface area contributed by atoms with Crippen molar-refractivity contribution in [2.24, 2.45) is 0 Å². The summed E-state index contributed by atoms with van der Waals surface area (Å²) in [5.41, 5.74) is 0.841. The van der Waals surface area contributed by atoms with Crippen molar-refractivity contribution < 1.29 is 17.6 Å². The third kappa shape index (κ3) is 4.38. The highest BCUT2D eigenvalue weighted by atomic mass is 32.2. The zero-order chi connectivity index (χ0) is 14.6. The molecule has 6 heteroatoms. The first kappa shape index (κ1) is 15.8. The van der Waals surface area contributed by atoms with Gasteiger partial charge in [-0.05, 0) is 26.8 Å². The SMILES string of the molecule is CCS(=O)(=O)CCNC(=O)C(C)c1cc(C)oc1C. The first-order chi connectivity index (χ1) is 8.76. The van der Waals surface area contributed by atoms with Gasteiger partial charge in [-0.2, -0.15) is 0 Å². The third-order valence-electron chi connectivity index (χ3n) is 3.09. The number of carbonyl (C=O) groups is 1. The molecule has 0 fully saturated rings. The van der Waals surface area contributed by atoms with Gasteiger partial charge in [0.05, 0.1) is 11.7 Å². The van der Waals surface area contributed by atoms with E-state index in [9.17, 15) is 13.2 Å². The lowest BCUT2D eigenvalue weighted by atomic mass is 10.0. The number of hydrogen-bond acceptors (Lipinski definition) is 4. The van der Waals surface area contributed by atoms with E-state index in [0.717, 1.165) is 17.1 Å². The van der Waals surface area contributed by atoms with Gasteiger partial charge < -0.3 is 9.73 Å². The molecule has 5 nitrogen and oxygen atoms in total. The Kier molecular flexibility index (Phi) is 5.17. The summed E-state index contributed by atoms with van der Waals surface area (Å²) in [5, 5.41) is 2.65. The van der Waals surface area contributed by atoms with Crippen LogP contribution in [0.4, 0.5) is 0 Å². The van der Waals surface area contributed by atoms with Crippen LogP contribution in [0.5, 0.6) is 0 Å². The van der Waals surface area contributed by atoms with Crippen LogP contribution in [0.2, 0.25) is 0 Å². The van der Waals surface area contributed by atoms with Gasteiger partial charge in [-0.3, -0.25) is 4.79 Å². The Balaban J connectivity index is 2.57. The molecule has 1 aromatic heterocycles. The molecule has 1 N–H and O–H groups in total. The average Bonchev–Trinajstić information content (AvgIpc) is 2.67. The largest absolute Gasteiger partial charge is 0.466 e. The maximum atomic E-state index is 11.9. The topological polar surface area (TPSA) is 76.4 Å². The van der Waals surface area contributed by atoms with Gasteiger partial charge in [0.25, 0.3) is 0 Å². The molecule has 0 spiro atoms. The van der Waals surface area contributed by atoms with Crippen LogP contribution in [0.1, 0.15) is 36.8 Å². The standard InChI is InChI=1S/C13H21NO4S/c1-5-19(16,17)7-6-14-13(15)10(3)12-8-9(2)18-11(12)4/h8,10H,5-7H2,1-4H3,(H,14,15). The van der Waals surface area contributed by atoms with E-state index in [1.54, 1.807) is 13.8 Å². The summed E-state index contributed by atoms with van der Waals surface area (Å²) in [4.78, 5) is 11.9. The second-order valence-corrected chi connectivity index (χ2v) is 7.09. The van der Waals surface area contributed by atoms with Crippen molar-refractivity contribution in [3.8, 4) is 0 Å². The Morgan fingerprint density at radius 1 is 1.42 bits per heavy atom. The second-order valence-electron chi connectivity index (χ2n) is 4.62. The number of rotatable bonds is 6. The molecule has 1 amide bonds. The number of furan rings is 1. The molecule has 0 bridgehead atoms. The molecule has 19 heavy (non-hydrogen) atoms. The molecule has 1 aromatic rings. The number of aryl methyl sites for hydroxylation is 2. The van der Waals surface area contributed by atoms with E-state index in [1.807, 2.05) is 19.9 Å². The molecule has 0 aliphatic heterocycles. The van der Waals surface area contributed by atoms with Gasteiger partial charge in [-0.25, -0.2) is 8.42 Å². The molecular formula is C13H21NO4S. The first-order valence-electron chi connectivity index (χ1n) is 6.32. The van der Waals surface area contributed by atoms with E-state index < -0.39 is 9.84 Å². The molecular weight excluding hydrogens is 266 g/mol. The molecule has 0 radical (unpaired) electrons. The minimum absolute atomic E-state index is 0.0225. The average molecular weight is 287 g/mol. The van der Waals surface area contributed by atoms with Crippen LogP contribution in [0, 0.1) is 13.8 Å². The van der Waals surface area contributed by atoms with Crippen molar-refractivity contribution >= 4 is 15.7 Å². The van der Waals surface area contributed by atoms with Gasteiger partial charge in [-0.15, -0.1) is 0 Å². The van der Waals surface area contributed by atoms with Crippen LogP contribution >= 0.6 is 0 Å². The maximum Gasteiger partial charge on any atom is 0.227 e. The smallest absolute Gasteiger partial charge is 0.227 e. The van der Waals surface area contributed by atoms with Gasteiger partial charge in [0.15, 0.2) is 9.84 Å². The lowest BCUT2D eigenvalue weighted by Gasteiger charge is -2.11. The van der Waals surface area contributed by atoms with Gasteiger partial charge in [0.2, 0.25) is 5.91 Å². The predicted molar refractivity (Wildman–Crippen MR) is 73.9 cm³/mol. The summed E-state index contributed by atoms with van der Waals surface area (Å²) >= 11 is 0. The molecule has 0 saturated carbocycles. The minimum Gasteiger partial charge on any atom is -0.466 e. The second kappa shape index (κ2) is 6.23. The molecule has 108 valence electrons. The summed E-state index contributed by atoms with van der Waals surface area (Å²) in [6.45, 7) is 7.16. The zero-order valence-electron chi connectivity index (χ0n) is 11.8. The van der Waals surface area contributed by atoms with Crippen LogP contribution in [-0.4, -0.2) is 32.4 Å². The van der Waals surface area contributed by atoms with Gasteiger partial charge in [-0.1, -0.05) is 6.92 Å². The third-order valence-corrected chi connectivity index (χ3v) is 4.80. The summed E-state index contributed by atoms with van der Waals surface area (Å²) in [5.74, 6) is 1.03. The van der Waals surface area contributed by atoms with Crippen molar-refractivity contribution in [2.45, 2.75) is 33.6 Å². The van der Waals surface area contributed by atoms with E-state index in [0.29, 0.717) is 0 Å². The lowest BCUT2D eigenvalue weighted by Crippen LogP contribution is -2.32. The van der Waals surface area contributed by atoms with Crippen molar-refractivity contribution in [1.29, 1.82) is 0 Å². The van der Waals surface area contributed by atoms with Crippen LogP contribution in [0.15, 0.2) is 10.5 Å². The summed E-state index contributed by atoms with van der Waals surface area (Å²) < 4.78 is 28.0. The van der Waals surface area contributed by atoms with Crippen molar-refractivity contribution in [3.05, 3.63) is 23.2 Å². The zero-order valence-corrected chi connectivity index (χ0v) is 12.6. The number of nitrogens with one attached hydrogen (secondary N) is 1. The number of carbonyl (C=O) groups excluding carboxylic acids is 1. The highest BCUT2D eigenvalue weighted by Crippen LogP contribution is 2.23. The Morgan fingerprint density at radius 3 is 2.53 bits per heavy atom.